The molecule has 100 valence electrons. The largest absolute Gasteiger partial charge is 0.226 e. The zero-order chi connectivity index (χ0) is 13.9. The number of rotatable bonds is 3. The quantitative estimate of drug-likeness (QED) is 0.647. The average molecular weight is 298 g/mol. The highest BCUT2D eigenvalue weighted by molar-refractivity contribution is 8.01. The highest BCUT2D eigenvalue weighted by atomic mass is 32.2. The van der Waals surface area contributed by atoms with E-state index in [0.717, 1.165) is 0 Å². The lowest BCUT2D eigenvalue weighted by Gasteiger charge is -2.09. The molecule has 3 aromatic rings. The summed E-state index contributed by atoms with van der Waals surface area (Å²) >= 11 is 3.62. The van der Waals surface area contributed by atoms with Crippen molar-refractivity contribution in [2.45, 2.75) is 9.79 Å². The molecule has 0 saturated carbocycles. The Labute approximate surface area is 127 Å². The molecule has 0 aliphatic carbocycles. The van der Waals surface area contributed by atoms with Crippen LogP contribution in [0.3, 0.4) is 0 Å². The number of H-pyrrole nitrogens is 1. The van der Waals surface area contributed by atoms with Crippen molar-refractivity contribution in [2.75, 3.05) is 12.5 Å². The van der Waals surface area contributed by atoms with Gasteiger partial charge in [-0.2, -0.15) is 0 Å². The molecule has 0 aliphatic rings. The van der Waals surface area contributed by atoms with Crippen LogP contribution in [0.25, 0.3) is 22.2 Å². The van der Waals surface area contributed by atoms with Crippen LogP contribution >= 0.6 is 23.5 Å². The van der Waals surface area contributed by atoms with Crippen molar-refractivity contribution >= 4 is 34.4 Å². The van der Waals surface area contributed by atoms with Gasteiger partial charge in [0.05, 0.1) is 10.3 Å². The van der Waals surface area contributed by atoms with E-state index in [1.54, 1.807) is 11.8 Å². The number of nitrogens with one attached hydrogen (secondary N) is 1. The van der Waals surface area contributed by atoms with Gasteiger partial charge in [-0.05, 0) is 30.7 Å². The molecule has 0 aliphatic heterocycles. The molecule has 1 nitrogen and oxygen atoms in total. The first-order chi connectivity index (χ1) is 9.85. The van der Waals surface area contributed by atoms with Gasteiger partial charge in [0, 0.05) is 16.5 Å². The Morgan fingerprint density at radius 3 is 2.10 bits per heavy atom. The zero-order valence-electron chi connectivity index (χ0n) is 11.5. The highest BCUT2D eigenvalue weighted by Crippen LogP contribution is 2.38. The third-order valence-corrected chi connectivity index (χ3v) is 5.11. The van der Waals surface area contributed by atoms with Crippen LogP contribution in [-0.2, 0) is 0 Å². The van der Waals surface area contributed by atoms with Crippen molar-refractivity contribution in [2.24, 2.45) is 0 Å². The summed E-state index contributed by atoms with van der Waals surface area (Å²) in [6, 6.07) is 19.0. The van der Waals surface area contributed by atoms with Crippen LogP contribution in [-0.4, -0.2) is 12.5 Å². The van der Waals surface area contributed by atoms with Gasteiger partial charge in [-0.1, -0.05) is 30.3 Å². The van der Waals surface area contributed by atoms with Crippen LogP contribution in [0, 0.1) is 0 Å². The van der Waals surface area contributed by atoms with Gasteiger partial charge in [-0.3, -0.25) is 0 Å². The summed E-state index contributed by atoms with van der Waals surface area (Å²) in [5.74, 6) is 0. The summed E-state index contributed by atoms with van der Waals surface area (Å²) in [7, 11) is 0. The van der Waals surface area contributed by atoms with Crippen LogP contribution in [0.1, 0.15) is 0 Å². The lowest BCUT2D eigenvalue weighted by atomic mass is 10.1. The Bertz CT molecular complexity index is 739. The van der Waals surface area contributed by atoms with E-state index in [1.165, 1.54) is 32.0 Å². The third-order valence-electron chi connectivity index (χ3n) is 3.34. The monoisotopic (exact) mass is 298 g/mol. The van der Waals surface area contributed by atoms with Crippen LogP contribution in [0.5, 0.6) is 0 Å². The maximum atomic E-state index is 3.60. The van der Waals surface area contributed by atoms with E-state index >= 15 is 0 Å². The number of para-hydroxylation sites is 1. The lowest BCUT2D eigenvalue weighted by Crippen LogP contribution is -2.11. The summed E-state index contributed by atoms with van der Waals surface area (Å²) in [5, 5.41) is 1.30. The van der Waals surface area contributed by atoms with Crippen LogP contribution in [0.2, 0.25) is 0 Å². The molecule has 20 heavy (non-hydrogen) atoms. The molecule has 0 saturated heterocycles. The molecule has 0 amide bonds. The van der Waals surface area contributed by atoms with Gasteiger partial charge in [-0.25, -0.2) is 4.98 Å². The normalized spacial score (nSPS) is 10.9. The maximum Gasteiger partial charge on any atom is 0.226 e. The standard InChI is InChI=1S/C17H15NS2/c1-19-16-13-10-6-7-11-14(13)18-15(17(16)20-2)12-8-4-3-5-9-12/h3-11H,1-2H3/p+1. The fourth-order valence-corrected chi connectivity index (χ4v) is 4.28. The molecule has 0 bridgehead atoms. The summed E-state index contributed by atoms with van der Waals surface area (Å²) in [4.78, 5) is 6.28. The molecule has 3 heteroatoms. The molecule has 1 aromatic heterocycles. The molecular weight excluding hydrogens is 282 g/mol. The minimum Gasteiger partial charge on any atom is -0.203 e. The number of fused-ring (bicyclic) bond motifs is 1. The fourth-order valence-electron chi connectivity index (χ4n) is 2.42. The van der Waals surface area contributed by atoms with Gasteiger partial charge in [0.25, 0.3) is 0 Å². The second kappa shape index (κ2) is 5.90. The molecule has 0 fully saturated rings. The smallest absolute Gasteiger partial charge is 0.203 e. The molecule has 2 aromatic carbocycles. The van der Waals surface area contributed by atoms with E-state index in [4.69, 9.17) is 0 Å². The second-order valence-corrected chi connectivity index (χ2v) is 6.11. The van der Waals surface area contributed by atoms with Gasteiger partial charge in [0.1, 0.15) is 0 Å². The summed E-state index contributed by atoms with van der Waals surface area (Å²) in [6.45, 7) is 0. The van der Waals surface area contributed by atoms with E-state index < -0.39 is 0 Å². The van der Waals surface area contributed by atoms with Crippen molar-refractivity contribution in [1.29, 1.82) is 0 Å². The summed E-state index contributed by atoms with van der Waals surface area (Å²) in [6.07, 6.45) is 4.29. The summed E-state index contributed by atoms with van der Waals surface area (Å²) < 4.78 is 0. The molecule has 0 unspecified atom stereocenters. The Morgan fingerprint density at radius 2 is 1.40 bits per heavy atom. The minimum absolute atomic E-state index is 1.19. The number of thioether (sulfide) groups is 2. The van der Waals surface area contributed by atoms with Gasteiger partial charge >= 0.3 is 0 Å². The number of pyridine rings is 1. The Morgan fingerprint density at radius 1 is 0.750 bits per heavy atom. The number of hydrogen-bond acceptors (Lipinski definition) is 2. The topological polar surface area (TPSA) is 14.1 Å². The van der Waals surface area contributed by atoms with Crippen LogP contribution in [0.4, 0.5) is 0 Å². The maximum absolute atomic E-state index is 3.60. The number of benzene rings is 2. The molecule has 1 N–H and O–H groups in total. The zero-order valence-corrected chi connectivity index (χ0v) is 13.1. The molecular formula is C17H16NS2+. The van der Waals surface area contributed by atoms with Gasteiger partial charge < -0.3 is 0 Å². The summed E-state index contributed by atoms with van der Waals surface area (Å²) in [5.41, 5.74) is 3.63. The predicted molar refractivity (Wildman–Crippen MR) is 89.5 cm³/mol. The van der Waals surface area contributed by atoms with Crippen molar-refractivity contribution in [1.82, 2.24) is 0 Å². The van der Waals surface area contributed by atoms with E-state index in [9.17, 15) is 0 Å². The highest BCUT2D eigenvalue weighted by Gasteiger charge is 2.20. The average Bonchev–Trinajstić information content (AvgIpc) is 2.53. The Balaban J connectivity index is 2.37. The predicted octanol–water partition coefficient (Wildman–Crippen LogP) is 4.76. The van der Waals surface area contributed by atoms with Crippen LogP contribution < -0.4 is 4.98 Å². The van der Waals surface area contributed by atoms with E-state index in [2.05, 4.69) is 72.1 Å². The first-order valence-corrected chi connectivity index (χ1v) is 8.91. The Kier molecular flexibility index (Phi) is 3.99. The second-order valence-electron chi connectivity index (χ2n) is 4.48. The van der Waals surface area contributed by atoms with E-state index in [-0.39, 0.29) is 0 Å². The van der Waals surface area contributed by atoms with Gasteiger partial charge in [0.15, 0.2) is 0 Å². The van der Waals surface area contributed by atoms with Crippen molar-refractivity contribution in [3.63, 3.8) is 0 Å². The van der Waals surface area contributed by atoms with Crippen molar-refractivity contribution < 1.29 is 4.98 Å². The molecule has 0 atom stereocenters. The molecule has 1 heterocycles. The first kappa shape index (κ1) is 13.5. The van der Waals surface area contributed by atoms with E-state index in [0.29, 0.717) is 0 Å². The van der Waals surface area contributed by atoms with Crippen molar-refractivity contribution in [3.8, 4) is 11.3 Å². The molecule has 0 radical (unpaired) electrons. The first-order valence-electron chi connectivity index (χ1n) is 6.46. The molecule has 0 spiro atoms. The Hall–Kier alpha value is -1.45. The number of hydrogen-bond donors (Lipinski definition) is 0. The number of aromatic nitrogens is 1. The fraction of sp³-hybridized carbons (Fsp3) is 0.118. The SMILES string of the molecule is CSc1c(-c2ccccc2)[nH+]c2ccccc2c1SC. The number of aromatic amines is 1. The van der Waals surface area contributed by atoms with Crippen LogP contribution in [0.15, 0.2) is 64.4 Å². The van der Waals surface area contributed by atoms with E-state index in [1.807, 2.05) is 11.8 Å². The van der Waals surface area contributed by atoms with Gasteiger partial charge in [0.2, 0.25) is 11.2 Å². The minimum atomic E-state index is 1.19. The third kappa shape index (κ3) is 2.32. The van der Waals surface area contributed by atoms with Gasteiger partial charge in [-0.15, -0.1) is 23.5 Å². The lowest BCUT2D eigenvalue weighted by molar-refractivity contribution is -0.334. The van der Waals surface area contributed by atoms with Crippen molar-refractivity contribution in [3.05, 3.63) is 54.6 Å². The molecule has 3 rings (SSSR count).